The maximum atomic E-state index is 9.26. The van der Waals surface area contributed by atoms with E-state index in [2.05, 4.69) is 10.2 Å². The van der Waals surface area contributed by atoms with Gasteiger partial charge >= 0.3 is 0 Å². The van der Waals surface area contributed by atoms with Crippen LogP contribution in [0.3, 0.4) is 0 Å². The minimum absolute atomic E-state index is 0.0677. The summed E-state index contributed by atoms with van der Waals surface area (Å²) < 4.78 is 0. The Balaban J connectivity index is 2.35. The van der Waals surface area contributed by atoms with Gasteiger partial charge in [0.15, 0.2) is 11.5 Å². The molecular formula is C11H18N2O2. The molecule has 0 spiro atoms. The maximum absolute atomic E-state index is 9.26. The molecule has 0 bridgehead atoms. The van der Waals surface area contributed by atoms with E-state index >= 15 is 0 Å². The van der Waals surface area contributed by atoms with Crippen molar-refractivity contribution in [2.24, 2.45) is 0 Å². The molecule has 0 saturated carbocycles. The lowest BCUT2D eigenvalue weighted by molar-refractivity contribution is 0.397. The highest BCUT2D eigenvalue weighted by Gasteiger charge is 1.99. The second kappa shape index (κ2) is 5.58. The van der Waals surface area contributed by atoms with Gasteiger partial charge in [-0.1, -0.05) is 6.07 Å². The standard InChI is InChI=1S/C11H18N2O2/c1-13(2)6-5-12-8-9-3-4-10(14)11(15)7-9/h3-4,7,12,14-15H,5-6,8H2,1-2H3. The minimum Gasteiger partial charge on any atom is -0.504 e. The highest BCUT2D eigenvalue weighted by atomic mass is 16.3. The SMILES string of the molecule is CN(C)CCNCc1ccc(O)c(O)c1. The highest BCUT2D eigenvalue weighted by molar-refractivity contribution is 5.40. The predicted molar refractivity (Wildman–Crippen MR) is 60.0 cm³/mol. The highest BCUT2D eigenvalue weighted by Crippen LogP contribution is 2.24. The maximum Gasteiger partial charge on any atom is 0.157 e. The molecule has 15 heavy (non-hydrogen) atoms. The molecule has 0 aliphatic rings. The Morgan fingerprint density at radius 2 is 1.93 bits per heavy atom. The van der Waals surface area contributed by atoms with E-state index in [4.69, 9.17) is 5.11 Å². The number of nitrogens with zero attached hydrogens (tertiary/aromatic N) is 1. The van der Waals surface area contributed by atoms with Gasteiger partial charge in [-0.3, -0.25) is 0 Å². The van der Waals surface area contributed by atoms with Gasteiger partial charge in [-0.25, -0.2) is 0 Å². The van der Waals surface area contributed by atoms with Crippen LogP contribution in [-0.4, -0.2) is 42.3 Å². The average Bonchev–Trinajstić information content (AvgIpc) is 2.18. The van der Waals surface area contributed by atoms with Crippen LogP contribution in [0.1, 0.15) is 5.56 Å². The largest absolute Gasteiger partial charge is 0.504 e. The molecule has 0 heterocycles. The van der Waals surface area contributed by atoms with Crippen molar-refractivity contribution in [2.75, 3.05) is 27.2 Å². The summed E-state index contributed by atoms with van der Waals surface area (Å²) in [5, 5.41) is 21.6. The Morgan fingerprint density at radius 1 is 1.20 bits per heavy atom. The van der Waals surface area contributed by atoms with Gasteiger partial charge in [0, 0.05) is 19.6 Å². The molecule has 3 N–H and O–H groups in total. The first kappa shape index (κ1) is 11.8. The molecule has 0 aliphatic carbocycles. The fourth-order valence-electron chi connectivity index (χ4n) is 1.21. The number of likely N-dealkylation sites (N-methyl/N-ethyl adjacent to an activating group) is 1. The Hall–Kier alpha value is -1.26. The number of nitrogens with one attached hydrogen (secondary N) is 1. The second-order valence-electron chi connectivity index (χ2n) is 3.80. The minimum atomic E-state index is -0.0768. The summed E-state index contributed by atoms with van der Waals surface area (Å²) in [5.74, 6) is -0.144. The predicted octanol–water partition coefficient (Wildman–Crippen LogP) is 0.749. The summed E-state index contributed by atoms with van der Waals surface area (Å²) in [7, 11) is 4.04. The fourth-order valence-corrected chi connectivity index (χ4v) is 1.21. The molecule has 4 nitrogen and oxygen atoms in total. The van der Waals surface area contributed by atoms with E-state index in [1.54, 1.807) is 12.1 Å². The van der Waals surface area contributed by atoms with Crippen LogP contribution in [0.25, 0.3) is 0 Å². The molecule has 4 heteroatoms. The molecule has 0 amide bonds. The zero-order valence-corrected chi connectivity index (χ0v) is 9.20. The third-order valence-electron chi connectivity index (χ3n) is 2.10. The van der Waals surface area contributed by atoms with Crippen molar-refractivity contribution in [3.8, 4) is 11.5 Å². The van der Waals surface area contributed by atoms with E-state index in [9.17, 15) is 5.11 Å². The molecule has 0 saturated heterocycles. The summed E-state index contributed by atoms with van der Waals surface area (Å²) in [6.07, 6.45) is 0. The van der Waals surface area contributed by atoms with E-state index in [1.807, 2.05) is 14.1 Å². The van der Waals surface area contributed by atoms with Crippen LogP contribution in [-0.2, 0) is 6.54 Å². The van der Waals surface area contributed by atoms with Crippen molar-refractivity contribution in [1.29, 1.82) is 0 Å². The van der Waals surface area contributed by atoms with Gasteiger partial charge in [0.25, 0.3) is 0 Å². The smallest absolute Gasteiger partial charge is 0.157 e. The van der Waals surface area contributed by atoms with Crippen LogP contribution >= 0.6 is 0 Å². The topological polar surface area (TPSA) is 55.7 Å². The lowest BCUT2D eigenvalue weighted by Crippen LogP contribution is -2.26. The zero-order chi connectivity index (χ0) is 11.3. The van der Waals surface area contributed by atoms with Gasteiger partial charge in [0.2, 0.25) is 0 Å². The molecule has 0 atom stereocenters. The van der Waals surface area contributed by atoms with Gasteiger partial charge in [0.1, 0.15) is 0 Å². The molecular weight excluding hydrogens is 192 g/mol. The van der Waals surface area contributed by atoms with Crippen molar-refractivity contribution in [1.82, 2.24) is 10.2 Å². The van der Waals surface area contributed by atoms with Crippen molar-refractivity contribution < 1.29 is 10.2 Å². The monoisotopic (exact) mass is 210 g/mol. The first-order valence-electron chi connectivity index (χ1n) is 4.96. The Morgan fingerprint density at radius 3 is 2.53 bits per heavy atom. The molecule has 0 unspecified atom stereocenters. The van der Waals surface area contributed by atoms with Crippen molar-refractivity contribution in [2.45, 2.75) is 6.54 Å². The normalized spacial score (nSPS) is 10.9. The van der Waals surface area contributed by atoms with Crippen molar-refractivity contribution >= 4 is 0 Å². The molecule has 0 fully saturated rings. The number of hydrogen-bond acceptors (Lipinski definition) is 4. The van der Waals surface area contributed by atoms with Gasteiger partial charge in [0.05, 0.1) is 0 Å². The Labute approximate surface area is 90.2 Å². The summed E-state index contributed by atoms with van der Waals surface area (Å²) in [6, 6.07) is 4.86. The molecule has 0 radical (unpaired) electrons. The second-order valence-corrected chi connectivity index (χ2v) is 3.80. The molecule has 84 valence electrons. The van der Waals surface area contributed by atoms with E-state index in [0.29, 0.717) is 6.54 Å². The van der Waals surface area contributed by atoms with Crippen molar-refractivity contribution in [3.63, 3.8) is 0 Å². The molecule has 1 rings (SSSR count). The van der Waals surface area contributed by atoms with Gasteiger partial charge < -0.3 is 20.4 Å². The fraction of sp³-hybridized carbons (Fsp3) is 0.455. The first-order chi connectivity index (χ1) is 7.09. The molecule has 1 aromatic rings. The number of phenolic OH excluding ortho intramolecular Hbond substituents is 2. The van der Waals surface area contributed by atoms with Crippen LogP contribution in [0.2, 0.25) is 0 Å². The summed E-state index contributed by atoms with van der Waals surface area (Å²) in [6.45, 7) is 2.57. The van der Waals surface area contributed by atoms with Crippen molar-refractivity contribution in [3.05, 3.63) is 23.8 Å². The third kappa shape index (κ3) is 4.18. The molecule has 0 aliphatic heterocycles. The van der Waals surface area contributed by atoms with E-state index in [1.165, 1.54) is 6.07 Å². The Bertz CT molecular complexity index is 313. The average molecular weight is 210 g/mol. The van der Waals surface area contributed by atoms with Crippen LogP contribution in [0, 0.1) is 0 Å². The van der Waals surface area contributed by atoms with E-state index in [-0.39, 0.29) is 11.5 Å². The molecule has 1 aromatic carbocycles. The summed E-state index contributed by atoms with van der Waals surface area (Å²) in [4.78, 5) is 2.10. The van der Waals surface area contributed by atoms with Crippen LogP contribution in [0.15, 0.2) is 18.2 Å². The third-order valence-corrected chi connectivity index (χ3v) is 2.10. The molecule has 0 aromatic heterocycles. The lowest BCUT2D eigenvalue weighted by Gasteiger charge is -2.10. The number of hydrogen-bond donors (Lipinski definition) is 3. The summed E-state index contributed by atoms with van der Waals surface area (Å²) >= 11 is 0. The Kier molecular flexibility index (Phi) is 4.39. The quantitative estimate of drug-likeness (QED) is 0.496. The lowest BCUT2D eigenvalue weighted by atomic mass is 10.2. The van der Waals surface area contributed by atoms with Crippen LogP contribution in [0.4, 0.5) is 0 Å². The number of aromatic hydroxyl groups is 2. The zero-order valence-electron chi connectivity index (χ0n) is 9.20. The number of rotatable bonds is 5. The van der Waals surface area contributed by atoms with Gasteiger partial charge in [-0.05, 0) is 31.8 Å². The van der Waals surface area contributed by atoms with Crippen LogP contribution in [0.5, 0.6) is 11.5 Å². The summed E-state index contributed by atoms with van der Waals surface area (Å²) in [5.41, 5.74) is 0.962. The van der Waals surface area contributed by atoms with E-state index < -0.39 is 0 Å². The first-order valence-corrected chi connectivity index (χ1v) is 4.96. The van der Waals surface area contributed by atoms with Crippen LogP contribution < -0.4 is 5.32 Å². The van der Waals surface area contributed by atoms with E-state index in [0.717, 1.165) is 18.7 Å². The van der Waals surface area contributed by atoms with Gasteiger partial charge in [-0.2, -0.15) is 0 Å². The number of phenols is 2. The number of benzene rings is 1. The van der Waals surface area contributed by atoms with Gasteiger partial charge in [-0.15, -0.1) is 0 Å².